The Bertz CT molecular complexity index is 655. The van der Waals surface area contributed by atoms with Gasteiger partial charge in [0, 0.05) is 25.3 Å². The number of benzene rings is 1. The molecule has 1 unspecified atom stereocenters. The van der Waals surface area contributed by atoms with Crippen molar-refractivity contribution in [2.45, 2.75) is 32.4 Å². The number of oxazole rings is 1. The molecule has 1 aliphatic heterocycles. The molecule has 3 rings (SSSR count). The van der Waals surface area contributed by atoms with Crippen LogP contribution >= 0.6 is 0 Å². The van der Waals surface area contributed by atoms with E-state index in [0.717, 1.165) is 24.9 Å². The SMILES string of the molecule is CCOC1CCCN(C(=O)NCc2ncc(-c3ccccc3)o2)C1. The Kier molecular flexibility index (Phi) is 5.48. The van der Waals surface area contributed by atoms with Crippen molar-refractivity contribution in [3.63, 3.8) is 0 Å². The lowest BCUT2D eigenvalue weighted by atomic mass is 10.1. The molecule has 2 aromatic rings. The zero-order valence-electron chi connectivity index (χ0n) is 13.9. The first-order valence-electron chi connectivity index (χ1n) is 8.40. The third-order valence-electron chi connectivity index (χ3n) is 4.07. The fourth-order valence-corrected chi connectivity index (χ4v) is 2.89. The molecule has 0 bridgehead atoms. The minimum Gasteiger partial charge on any atom is -0.439 e. The largest absolute Gasteiger partial charge is 0.439 e. The Morgan fingerprint density at radius 1 is 1.42 bits per heavy atom. The minimum absolute atomic E-state index is 0.0983. The van der Waals surface area contributed by atoms with Gasteiger partial charge in [-0.1, -0.05) is 30.3 Å². The van der Waals surface area contributed by atoms with Crippen LogP contribution in [0.1, 0.15) is 25.7 Å². The average molecular weight is 329 g/mol. The van der Waals surface area contributed by atoms with Crippen molar-refractivity contribution in [3.05, 3.63) is 42.4 Å². The van der Waals surface area contributed by atoms with Crippen LogP contribution in [-0.2, 0) is 11.3 Å². The number of nitrogens with one attached hydrogen (secondary N) is 1. The van der Waals surface area contributed by atoms with Gasteiger partial charge >= 0.3 is 6.03 Å². The number of hydrogen-bond donors (Lipinski definition) is 1. The fraction of sp³-hybridized carbons (Fsp3) is 0.444. The number of likely N-dealkylation sites (tertiary alicyclic amines) is 1. The van der Waals surface area contributed by atoms with Crippen LogP contribution in [-0.4, -0.2) is 41.7 Å². The quantitative estimate of drug-likeness (QED) is 0.915. The van der Waals surface area contributed by atoms with Gasteiger partial charge in [-0.05, 0) is 19.8 Å². The second-order valence-electron chi connectivity index (χ2n) is 5.81. The predicted molar refractivity (Wildman–Crippen MR) is 90.4 cm³/mol. The van der Waals surface area contributed by atoms with Crippen molar-refractivity contribution < 1.29 is 13.9 Å². The number of hydrogen-bond acceptors (Lipinski definition) is 4. The highest BCUT2D eigenvalue weighted by molar-refractivity contribution is 5.74. The molecule has 0 radical (unpaired) electrons. The highest BCUT2D eigenvalue weighted by Gasteiger charge is 2.23. The van der Waals surface area contributed by atoms with E-state index in [-0.39, 0.29) is 18.7 Å². The molecular formula is C18H23N3O3. The summed E-state index contributed by atoms with van der Waals surface area (Å²) in [6.07, 6.45) is 3.80. The summed E-state index contributed by atoms with van der Waals surface area (Å²) in [4.78, 5) is 18.3. The number of piperidine rings is 1. The van der Waals surface area contributed by atoms with Gasteiger partial charge in [-0.2, -0.15) is 0 Å². The van der Waals surface area contributed by atoms with Crippen LogP contribution in [0.15, 0.2) is 40.9 Å². The summed E-state index contributed by atoms with van der Waals surface area (Å²) in [6.45, 7) is 4.34. The number of nitrogens with zero attached hydrogens (tertiary/aromatic N) is 2. The number of rotatable bonds is 5. The van der Waals surface area contributed by atoms with E-state index >= 15 is 0 Å². The van der Waals surface area contributed by atoms with Gasteiger partial charge in [0.25, 0.3) is 0 Å². The summed E-state index contributed by atoms with van der Waals surface area (Å²) < 4.78 is 11.3. The van der Waals surface area contributed by atoms with E-state index in [1.54, 1.807) is 11.1 Å². The van der Waals surface area contributed by atoms with Crippen LogP contribution in [0.3, 0.4) is 0 Å². The Morgan fingerprint density at radius 3 is 3.04 bits per heavy atom. The van der Waals surface area contributed by atoms with Gasteiger partial charge in [-0.15, -0.1) is 0 Å². The third kappa shape index (κ3) is 4.14. The van der Waals surface area contributed by atoms with Crippen LogP contribution < -0.4 is 5.32 Å². The van der Waals surface area contributed by atoms with Gasteiger partial charge in [0.15, 0.2) is 5.76 Å². The highest BCUT2D eigenvalue weighted by Crippen LogP contribution is 2.19. The van der Waals surface area contributed by atoms with Gasteiger partial charge in [0.05, 0.1) is 18.8 Å². The van der Waals surface area contributed by atoms with Crippen LogP contribution in [0.5, 0.6) is 0 Å². The number of amides is 2. The third-order valence-corrected chi connectivity index (χ3v) is 4.07. The maximum absolute atomic E-state index is 12.3. The summed E-state index contributed by atoms with van der Waals surface area (Å²) in [7, 11) is 0. The molecule has 0 spiro atoms. The van der Waals surface area contributed by atoms with E-state index in [4.69, 9.17) is 9.15 Å². The molecule has 0 saturated carbocycles. The summed E-state index contributed by atoms with van der Waals surface area (Å²) >= 11 is 0. The molecule has 1 aromatic heterocycles. The molecular weight excluding hydrogens is 306 g/mol. The Labute approximate surface area is 141 Å². The topological polar surface area (TPSA) is 67.6 Å². The molecule has 2 heterocycles. The van der Waals surface area contributed by atoms with E-state index in [0.29, 0.717) is 24.8 Å². The Balaban J connectivity index is 1.52. The monoisotopic (exact) mass is 329 g/mol. The summed E-state index contributed by atoms with van der Waals surface area (Å²) in [5.74, 6) is 1.20. The summed E-state index contributed by atoms with van der Waals surface area (Å²) in [6, 6.07) is 9.68. The highest BCUT2D eigenvalue weighted by atomic mass is 16.5. The van der Waals surface area contributed by atoms with Gasteiger partial charge in [-0.3, -0.25) is 0 Å². The maximum Gasteiger partial charge on any atom is 0.317 e. The van der Waals surface area contributed by atoms with E-state index in [1.807, 2.05) is 37.3 Å². The molecule has 1 atom stereocenters. The zero-order chi connectivity index (χ0) is 16.8. The van der Waals surface area contributed by atoms with E-state index < -0.39 is 0 Å². The van der Waals surface area contributed by atoms with Crippen molar-refractivity contribution in [2.75, 3.05) is 19.7 Å². The second kappa shape index (κ2) is 7.97. The van der Waals surface area contributed by atoms with Gasteiger partial charge in [0.1, 0.15) is 0 Å². The van der Waals surface area contributed by atoms with E-state index in [1.165, 1.54) is 0 Å². The van der Waals surface area contributed by atoms with E-state index in [2.05, 4.69) is 10.3 Å². The number of carbonyl (C=O) groups excluding carboxylic acids is 1. The molecule has 24 heavy (non-hydrogen) atoms. The Morgan fingerprint density at radius 2 is 2.25 bits per heavy atom. The Hall–Kier alpha value is -2.34. The summed E-state index contributed by atoms with van der Waals surface area (Å²) in [5, 5.41) is 2.87. The van der Waals surface area contributed by atoms with Crippen molar-refractivity contribution >= 4 is 6.03 Å². The van der Waals surface area contributed by atoms with Crippen molar-refractivity contribution in [1.29, 1.82) is 0 Å². The molecule has 128 valence electrons. The molecule has 0 aliphatic carbocycles. The van der Waals surface area contributed by atoms with Gasteiger partial charge in [-0.25, -0.2) is 9.78 Å². The zero-order valence-corrected chi connectivity index (χ0v) is 13.9. The number of carbonyl (C=O) groups is 1. The normalized spacial score (nSPS) is 17.7. The molecule has 6 heteroatoms. The standard InChI is InChI=1S/C18H23N3O3/c1-2-23-15-9-6-10-21(13-15)18(22)20-12-17-19-11-16(24-17)14-7-4-3-5-8-14/h3-5,7-8,11,15H,2,6,9-10,12-13H2,1H3,(H,20,22). The molecule has 2 amide bonds. The van der Waals surface area contributed by atoms with Crippen LogP contribution in [0.25, 0.3) is 11.3 Å². The lowest BCUT2D eigenvalue weighted by Gasteiger charge is -2.32. The lowest BCUT2D eigenvalue weighted by molar-refractivity contribution is 0.0164. The predicted octanol–water partition coefficient (Wildman–Crippen LogP) is 3.05. The number of aromatic nitrogens is 1. The first-order chi connectivity index (χ1) is 11.8. The lowest BCUT2D eigenvalue weighted by Crippen LogP contribution is -2.47. The number of ether oxygens (including phenoxy) is 1. The minimum atomic E-state index is -0.0983. The van der Waals surface area contributed by atoms with Gasteiger partial charge in [0.2, 0.25) is 5.89 Å². The average Bonchev–Trinajstić information content (AvgIpc) is 3.10. The molecule has 1 fully saturated rings. The molecule has 1 aliphatic rings. The summed E-state index contributed by atoms with van der Waals surface area (Å²) in [5.41, 5.74) is 0.971. The second-order valence-corrected chi connectivity index (χ2v) is 5.81. The van der Waals surface area contributed by atoms with Crippen LogP contribution in [0.2, 0.25) is 0 Å². The smallest absolute Gasteiger partial charge is 0.317 e. The van der Waals surface area contributed by atoms with E-state index in [9.17, 15) is 4.79 Å². The van der Waals surface area contributed by atoms with Crippen LogP contribution in [0.4, 0.5) is 4.79 Å². The van der Waals surface area contributed by atoms with Crippen LogP contribution in [0, 0.1) is 0 Å². The fourth-order valence-electron chi connectivity index (χ4n) is 2.89. The first-order valence-corrected chi connectivity index (χ1v) is 8.40. The first kappa shape index (κ1) is 16.5. The maximum atomic E-state index is 12.3. The molecule has 6 nitrogen and oxygen atoms in total. The number of urea groups is 1. The molecule has 1 aromatic carbocycles. The van der Waals surface area contributed by atoms with Crippen molar-refractivity contribution in [1.82, 2.24) is 15.2 Å². The van der Waals surface area contributed by atoms with Crippen molar-refractivity contribution in [3.8, 4) is 11.3 Å². The molecule has 1 saturated heterocycles. The van der Waals surface area contributed by atoms with Crippen molar-refractivity contribution in [2.24, 2.45) is 0 Å². The van der Waals surface area contributed by atoms with Gasteiger partial charge < -0.3 is 19.4 Å². The molecule has 1 N–H and O–H groups in total.